The molecule has 0 aliphatic rings. The molecule has 5 heteroatoms. The number of benzene rings is 1. The maximum Gasteiger partial charge on any atom is 0.234 e. The van der Waals surface area contributed by atoms with Crippen LogP contribution in [0.2, 0.25) is 0 Å². The van der Waals surface area contributed by atoms with Crippen molar-refractivity contribution in [3.8, 4) is 11.8 Å². The third-order valence-corrected chi connectivity index (χ3v) is 2.38. The van der Waals surface area contributed by atoms with Gasteiger partial charge in [-0.3, -0.25) is 4.79 Å². The van der Waals surface area contributed by atoms with Gasteiger partial charge in [-0.05, 0) is 24.5 Å². The molecule has 1 aromatic rings. The highest BCUT2D eigenvalue weighted by molar-refractivity contribution is 7.99. The summed E-state index contributed by atoms with van der Waals surface area (Å²) in [5, 5.41) is 11.1. The summed E-state index contributed by atoms with van der Waals surface area (Å²) in [5.74, 6) is 4.47. The number of aliphatic hydroxyl groups is 1. The Hall–Kier alpha value is -1.51. The first-order valence-corrected chi connectivity index (χ1v) is 6.25. The van der Waals surface area contributed by atoms with Gasteiger partial charge in [-0.1, -0.05) is 11.8 Å². The number of halogens is 1. The van der Waals surface area contributed by atoms with Crippen molar-refractivity contribution in [3.63, 3.8) is 0 Å². The summed E-state index contributed by atoms with van der Waals surface area (Å²) < 4.78 is 13.5. The molecular weight excluding hydrogens is 241 g/mol. The molecule has 1 aromatic carbocycles. The molecule has 17 heavy (non-hydrogen) atoms. The molecule has 0 atom stereocenters. The second kappa shape index (κ2) is 6.94. The van der Waals surface area contributed by atoms with E-state index in [9.17, 15) is 9.18 Å². The topological polar surface area (TPSA) is 49.3 Å². The average Bonchev–Trinajstić information content (AvgIpc) is 2.28. The average molecular weight is 253 g/mol. The van der Waals surface area contributed by atoms with Gasteiger partial charge in [0.05, 0.1) is 11.3 Å². The first-order valence-electron chi connectivity index (χ1n) is 4.85. The number of hydrogen-bond donors (Lipinski definition) is 2. The number of carbonyl (C=O) groups is 1. The summed E-state index contributed by atoms with van der Waals surface area (Å²) in [5.41, 5.74) is 0.595. The molecule has 0 bridgehead atoms. The molecule has 3 nitrogen and oxygen atoms in total. The smallest absolute Gasteiger partial charge is 0.234 e. The molecule has 0 saturated carbocycles. The Labute approximate surface area is 103 Å². The predicted molar refractivity (Wildman–Crippen MR) is 67.4 cm³/mol. The maximum atomic E-state index is 13.5. The number of carbonyl (C=O) groups excluding carboxylic acids is 1. The molecule has 0 aromatic heterocycles. The minimum Gasteiger partial charge on any atom is -0.384 e. The van der Waals surface area contributed by atoms with Crippen molar-refractivity contribution in [1.82, 2.24) is 0 Å². The summed E-state index contributed by atoms with van der Waals surface area (Å²) >= 11 is 1.39. The predicted octanol–water partition coefficient (Wildman–Crippen LogP) is 1.47. The van der Waals surface area contributed by atoms with Crippen LogP contribution in [-0.4, -0.2) is 29.6 Å². The fourth-order valence-corrected chi connectivity index (χ4v) is 1.49. The zero-order chi connectivity index (χ0) is 12.7. The zero-order valence-electron chi connectivity index (χ0n) is 9.29. The Balaban J connectivity index is 2.78. The zero-order valence-corrected chi connectivity index (χ0v) is 10.1. The van der Waals surface area contributed by atoms with E-state index in [1.807, 2.05) is 6.26 Å². The van der Waals surface area contributed by atoms with Gasteiger partial charge in [-0.2, -0.15) is 11.8 Å². The highest BCUT2D eigenvalue weighted by Gasteiger charge is 2.04. The van der Waals surface area contributed by atoms with Crippen LogP contribution >= 0.6 is 11.8 Å². The lowest BCUT2D eigenvalue weighted by Gasteiger charge is -2.04. The lowest BCUT2D eigenvalue weighted by molar-refractivity contribution is -0.113. The van der Waals surface area contributed by atoms with E-state index in [2.05, 4.69) is 17.2 Å². The largest absolute Gasteiger partial charge is 0.384 e. The quantitative estimate of drug-likeness (QED) is 0.802. The Morgan fingerprint density at radius 2 is 2.35 bits per heavy atom. The molecule has 2 N–H and O–H groups in total. The highest BCUT2D eigenvalue weighted by atomic mass is 32.2. The fourth-order valence-electron chi connectivity index (χ4n) is 1.16. The van der Waals surface area contributed by atoms with Crippen LogP contribution in [0.25, 0.3) is 0 Å². The Bertz CT molecular complexity index is 465. The van der Waals surface area contributed by atoms with Gasteiger partial charge in [0.1, 0.15) is 12.4 Å². The van der Waals surface area contributed by atoms with Crippen molar-refractivity contribution < 1.29 is 14.3 Å². The maximum absolute atomic E-state index is 13.5. The van der Waals surface area contributed by atoms with E-state index in [1.165, 1.54) is 23.9 Å². The number of rotatable bonds is 3. The first kappa shape index (κ1) is 13.6. The van der Waals surface area contributed by atoms with Crippen molar-refractivity contribution in [2.45, 2.75) is 0 Å². The molecule has 0 aliphatic heterocycles. The molecule has 0 aliphatic carbocycles. The van der Waals surface area contributed by atoms with E-state index in [4.69, 9.17) is 5.11 Å². The fraction of sp³-hybridized carbons (Fsp3) is 0.250. The first-order chi connectivity index (χ1) is 8.17. The summed E-state index contributed by atoms with van der Waals surface area (Å²) in [7, 11) is 0. The molecule has 0 radical (unpaired) electrons. The van der Waals surface area contributed by atoms with E-state index >= 15 is 0 Å². The van der Waals surface area contributed by atoms with Crippen LogP contribution < -0.4 is 5.32 Å². The van der Waals surface area contributed by atoms with Gasteiger partial charge in [0.15, 0.2) is 0 Å². The molecule has 0 fully saturated rings. The van der Waals surface area contributed by atoms with Crippen LogP contribution in [0, 0.1) is 17.7 Å². The van der Waals surface area contributed by atoms with E-state index < -0.39 is 5.82 Å². The Morgan fingerprint density at radius 3 is 2.94 bits per heavy atom. The van der Waals surface area contributed by atoms with E-state index in [-0.39, 0.29) is 18.1 Å². The minimum atomic E-state index is -0.520. The lowest BCUT2D eigenvalue weighted by Crippen LogP contribution is -2.13. The van der Waals surface area contributed by atoms with Crippen LogP contribution in [0.5, 0.6) is 0 Å². The monoisotopic (exact) mass is 253 g/mol. The number of thioether (sulfide) groups is 1. The molecule has 90 valence electrons. The number of nitrogens with one attached hydrogen (secondary N) is 1. The van der Waals surface area contributed by atoms with Gasteiger partial charge in [-0.25, -0.2) is 4.39 Å². The van der Waals surface area contributed by atoms with Gasteiger partial charge in [-0.15, -0.1) is 0 Å². The van der Waals surface area contributed by atoms with E-state index in [1.54, 1.807) is 6.07 Å². The van der Waals surface area contributed by atoms with Crippen LogP contribution in [0.3, 0.4) is 0 Å². The SMILES string of the molecule is CSCC(=O)Nc1ccc(C#CCO)c(F)c1. The number of amides is 1. The molecule has 1 amide bonds. The molecule has 0 spiro atoms. The normalized spacial score (nSPS) is 9.35. The third-order valence-electron chi connectivity index (χ3n) is 1.83. The molecule has 0 unspecified atom stereocenters. The van der Waals surface area contributed by atoms with Crippen molar-refractivity contribution in [3.05, 3.63) is 29.6 Å². The van der Waals surface area contributed by atoms with Gasteiger partial charge >= 0.3 is 0 Å². The number of hydrogen-bond acceptors (Lipinski definition) is 3. The summed E-state index contributed by atoms with van der Waals surface area (Å²) in [6.07, 6.45) is 1.81. The Kier molecular flexibility index (Phi) is 5.53. The van der Waals surface area contributed by atoms with Crippen LogP contribution in [0.4, 0.5) is 10.1 Å². The molecule has 0 saturated heterocycles. The van der Waals surface area contributed by atoms with Crippen molar-refractivity contribution >= 4 is 23.4 Å². The lowest BCUT2D eigenvalue weighted by atomic mass is 10.2. The Morgan fingerprint density at radius 1 is 1.59 bits per heavy atom. The molecule has 1 rings (SSSR count). The van der Waals surface area contributed by atoms with Gasteiger partial charge in [0, 0.05) is 5.69 Å². The van der Waals surface area contributed by atoms with Gasteiger partial charge < -0.3 is 10.4 Å². The standard InChI is InChI=1S/C12H12FNO2S/c1-17-8-12(16)14-10-5-4-9(3-2-6-15)11(13)7-10/h4-5,7,15H,6,8H2,1H3,(H,14,16). The third kappa shape index (κ3) is 4.47. The second-order valence-electron chi connectivity index (χ2n) is 3.14. The highest BCUT2D eigenvalue weighted by Crippen LogP contribution is 2.14. The van der Waals surface area contributed by atoms with Gasteiger partial charge in [0.25, 0.3) is 0 Å². The van der Waals surface area contributed by atoms with Crippen LogP contribution in [-0.2, 0) is 4.79 Å². The van der Waals surface area contributed by atoms with Crippen molar-refractivity contribution in [2.75, 3.05) is 23.9 Å². The van der Waals surface area contributed by atoms with Crippen molar-refractivity contribution in [2.24, 2.45) is 0 Å². The minimum absolute atomic E-state index is 0.175. The summed E-state index contributed by atoms with van der Waals surface area (Å²) in [6.45, 7) is -0.314. The van der Waals surface area contributed by atoms with E-state index in [0.717, 1.165) is 0 Å². The van der Waals surface area contributed by atoms with Gasteiger partial charge in [0.2, 0.25) is 5.91 Å². The number of aliphatic hydroxyl groups excluding tert-OH is 1. The second-order valence-corrected chi connectivity index (χ2v) is 4.00. The number of anilines is 1. The van der Waals surface area contributed by atoms with E-state index in [0.29, 0.717) is 11.4 Å². The van der Waals surface area contributed by atoms with Crippen molar-refractivity contribution in [1.29, 1.82) is 0 Å². The summed E-state index contributed by atoms with van der Waals surface area (Å²) in [4.78, 5) is 11.3. The summed E-state index contributed by atoms with van der Waals surface area (Å²) in [6, 6.07) is 4.25. The van der Waals surface area contributed by atoms with Crippen LogP contribution in [0.1, 0.15) is 5.56 Å². The van der Waals surface area contributed by atoms with Crippen LogP contribution in [0.15, 0.2) is 18.2 Å². The molecule has 0 heterocycles. The molecular formula is C12H12FNO2S.